The molecule has 0 spiro atoms. The van der Waals surface area contributed by atoms with Crippen molar-refractivity contribution in [3.05, 3.63) is 65.2 Å². The Balaban J connectivity index is 2.11. The van der Waals surface area contributed by atoms with Gasteiger partial charge in [-0.05, 0) is 42.3 Å². The summed E-state index contributed by atoms with van der Waals surface area (Å²) in [7, 11) is 0. The fraction of sp³-hybridized carbons (Fsp3) is 0.263. The Kier molecular flexibility index (Phi) is 6.38. The number of carbonyl (C=O) groups is 2. The normalized spacial score (nSPS) is 13.0. The molecule has 0 bridgehead atoms. The summed E-state index contributed by atoms with van der Waals surface area (Å²) in [6, 6.07) is 15.1. The molecular formula is C19H21ClN2O2. The van der Waals surface area contributed by atoms with Crippen LogP contribution in [0.2, 0.25) is 5.02 Å². The van der Waals surface area contributed by atoms with E-state index in [0.29, 0.717) is 16.3 Å². The minimum atomic E-state index is -0.613. The van der Waals surface area contributed by atoms with Crippen molar-refractivity contribution in [2.75, 3.05) is 5.32 Å². The molecule has 0 aliphatic carbocycles. The highest BCUT2D eigenvalue weighted by molar-refractivity contribution is 6.30. The second-order valence-corrected chi connectivity index (χ2v) is 6.14. The fourth-order valence-electron chi connectivity index (χ4n) is 2.27. The van der Waals surface area contributed by atoms with Gasteiger partial charge in [-0.25, -0.2) is 0 Å². The van der Waals surface area contributed by atoms with Crippen molar-refractivity contribution in [2.24, 2.45) is 5.92 Å². The lowest BCUT2D eigenvalue weighted by Crippen LogP contribution is -2.47. The molecule has 4 nitrogen and oxygen atoms in total. The monoisotopic (exact) mass is 344 g/mol. The molecule has 0 radical (unpaired) electrons. The summed E-state index contributed by atoms with van der Waals surface area (Å²) >= 11 is 5.85. The summed E-state index contributed by atoms with van der Waals surface area (Å²) in [5.41, 5.74) is 1.18. The first-order chi connectivity index (χ1) is 11.5. The van der Waals surface area contributed by atoms with E-state index in [1.54, 1.807) is 48.5 Å². The summed E-state index contributed by atoms with van der Waals surface area (Å²) in [4.78, 5) is 25.0. The van der Waals surface area contributed by atoms with E-state index < -0.39 is 6.04 Å². The predicted molar refractivity (Wildman–Crippen MR) is 97.2 cm³/mol. The van der Waals surface area contributed by atoms with E-state index in [0.717, 1.165) is 6.42 Å². The lowest BCUT2D eigenvalue weighted by molar-refractivity contribution is -0.119. The van der Waals surface area contributed by atoms with Crippen molar-refractivity contribution in [1.29, 1.82) is 0 Å². The van der Waals surface area contributed by atoms with Crippen molar-refractivity contribution >= 4 is 29.1 Å². The van der Waals surface area contributed by atoms with E-state index in [4.69, 9.17) is 11.6 Å². The molecule has 0 fully saturated rings. The van der Waals surface area contributed by atoms with Crippen LogP contribution in [0.15, 0.2) is 54.6 Å². The molecule has 0 heterocycles. The summed E-state index contributed by atoms with van der Waals surface area (Å²) in [5, 5.41) is 6.27. The van der Waals surface area contributed by atoms with E-state index in [2.05, 4.69) is 10.6 Å². The summed E-state index contributed by atoms with van der Waals surface area (Å²) in [6.07, 6.45) is 0.772. The molecule has 2 rings (SSSR count). The molecule has 126 valence electrons. The Morgan fingerprint density at radius 3 is 2.25 bits per heavy atom. The minimum Gasteiger partial charge on any atom is -0.340 e. The highest BCUT2D eigenvalue weighted by Crippen LogP contribution is 2.16. The van der Waals surface area contributed by atoms with Gasteiger partial charge in [-0.3, -0.25) is 9.59 Å². The van der Waals surface area contributed by atoms with Crippen LogP contribution in [-0.2, 0) is 4.79 Å². The SMILES string of the molecule is CCC(C)C(NC(=O)c1ccccc1)C(=O)Nc1ccc(Cl)cc1. The number of rotatable bonds is 6. The molecule has 2 N–H and O–H groups in total. The molecule has 2 atom stereocenters. The van der Waals surface area contributed by atoms with Crippen LogP contribution in [0.25, 0.3) is 0 Å². The quantitative estimate of drug-likeness (QED) is 0.828. The molecule has 0 saturated carbocycles. The maximum Gasteiger partial charge on any atom is 0.251 e. The zero-order valence-electron chi connectivity index (χ0n) is 13.8. The van der Waals surface area contributed by atoms with E-state index in [9.17, 15) is 9.59 Å². The van der Waals surface area contributed by atoms with Gasteiger partial charge in [0, 0.05) is 16.3 Å². The van der Waals surface area contributed by atoms with Crippen LogP contribution in [0.5, 0.6) is 0 Å². The maximum absolute atomic E-state index is 12.6. The zero-order valence-corrected chi connectivity index (χ0v) is 14.5. The van der Waals surface area contributed by atoms with Crippen LogP contribution in [0.1, 0.15) is 30.6 Å². The Morgan fingerprint density at radius 1 is 1.04 bits per heavy atom. The molecule has 2 aromatic carbocycles. The highest BCUT2D eigenvalue weighted by Gasteiger charge is 2.26. The van der Waals surface area contributed by atoms with Crippen LogP contribution in [-0.4, -0.2) is 17.9 Å². The number of halogens is 1. The van der Waals surface area contributed by atoms with Crippen molar-refractivity contribution in [3.63, 3.8) is 0 Å². The van der Waals surface area contributed by atoms with Crippen molar-refractivity contribution in [2.45, 2.75) is 26.3 Å². The van der Waals surface area contributed by atoms with Gasteiger partial charge < -0.3 is 10.6 Å². The molecule has 5 heteroatoms. The molecule has 24 heavy (non-hydrogen) atoms. The van der Waals surface area contributed by atoms with Gasteiger partial charge in [0.1, 0.15) is 6.04 Å². The topological polar surface area (TPSA) is 58.2 Å². The van der Waals surface area contributed by atoms with Crippen molar-refractivity contribution < 1.29 is 9.59 Å². The molecular weight excluding hydrogens is 324 g/mol. The maximum atomic E-state index is 12.6. The second kappa shape index (κ2) is 8.50. The van der Waals surface area contributed by atoms with E-state index in [1.807, 2.05) is 19.9 Å². The van der Waals surface area contributed by atoms with Gasteiger partial charge in [-0.15, -0.1) is 0 Å². The Hall–Kier alpha value is -2.33. The molecule has 2 aromatic rings. The molecule has 0 aliphatic heterocycles. The summed E-state index contributed by atoms with van der Waals surface area (Å²) in [5.74, 6) is -0.493. The highest BCUT2D eigenvalue weighted by atomic mass is 35.5. The van der Waals surface area contributed by atoms with Gasteiger partial charge in [0.05, 0.1) is 0 Å². The lowest BCUT2D eigenvalue weighted by Gasteiger charge is -2.23. The third kappa shape index (κ3) is 4.83. The van der Waals surface area contributed by atoms with Gasteiger partial charge in [0.25, 0.3) is 5.91 Å². The number of amides is 2. The Morgan fingerprint density at radius 2 is 1.67 bits per heavy atom. The van der Waals surface area contributed by atoms with E-state index in [-0.39, 0.29) is 17.7 Å². The number of hydrogen-bond acceptors (Lipinski definition) is 2. The third-order valence-corrected chi connectivity index (χ3v) is 4.18. The molecule has 0 aromatic heterocycles. The molecule has 0 saturated heterocycles. The zero-order chi connectivity index (χ0) is 17.5. The fourth-order valence-corrected chi connectivity index (χ4v) is 2.40. The first kappa shape index (κ1) is 18.0. The first-order valence-electron chi connectivity index (χ1n) is 7.93. The third-order valence-electron chi connectivity index (χ3n) is 3.93. The van der Waals surface area contributed by atoms with E-state index in [1.165, 1.54) is 0 Å². The minimum absolute atomic E-state index is 0.00459. The Labute approximate surface area is 147 Å². The van der Waals surface area contributed by atoms with Crippen molar-refractivity contribution in [3.8, 4) is 0 Å². The Bertz CT molecular complexity index is 686. The summed E-state index contributed by atoms with van der Waals surface area (Å²) < 4.78 is 0. The van der Waals surface area contributed by atoms with Gasteiger partial charge in [-0.2, -0.15) is 0 Å². The van der Waals surface area contributed by atoms with E-state index >= 15 is 0 Å². The van der Waals surface area contributed by atoms with Crippen LogP contribution in [0, 0.1) is 5.92 Å². The van der Waals surface area contributed by atoms with Crippen LogP contribution >= 0.6 is 11.6 Å². The summed E-state index contributed by atoms with van der Waals surface area (Å²) in [6.45, 7) is 3.93. The van der Waals surface area contributed by atoms with Gasteiger partial charge in [0.15, 0.2) is 0 Å². The number of hydrogen-bond donors (Lipinski definition) is 2. The largest absolute Gasteiger partial charge is 0.340 e. The predicted octanol–water partition coefficient (Wildman–Crippen LogP) is 4.12. The molecule has 0 aliphatic rings. The average molecular weight is 345 g/mol. The first-order valence-corrected chi connectivity index (χ1v) is 8.31. The number of carbonyl (C=O) groups excluding carboxylic acids is 2. The smallest absolute Gasteiger partial charge is 0.251 e. The number of benzene rings is 2. The van der Waals surface area contributed by atoms with Crippen molar-refractivity contribution in [1.82, 2.24) is 5.32 Å². The number of nitrogens with one attached hydrogen (secondary N) is 2. The van der Waals surface area contributed by atoms with Crippen LogP contribution in [0.3, 0.4) is 0 Å². The van der Waals surface area contributed by atoms with Gasteiger partial charge in [-0.1, -0.05) is 50.1 Å². The van der Waals surface area contributed by atoms with Crippen LogP contribution in [0.4, 0.5) is 5.69 Å². The average Bonchev–Trinajstić information content (AvgIpc) is 2.61. The van der Waals surface area contributed by atoms with Gasteiger partial charge in [0.2, 0.25) is 5.91 Å². The second-order valence-electron chi connectivity index (χ2n) is 5.70. The van der Waals surface area contributed by atoms with Crippen LogP contribution < -0.4 is 10.6 Å². The molecule has 2 amide bonds. The standard InChI is InChI=1S/C19H21ClN2O2/c1-3-13(2)17(22-18(23)14-7-5-4-6-8-14)19(24)21-16-11-9-15(20)10-12-16/h4-13,17H,3H2,1-2H3,(H,21,24)(H,22,23). The number of anilines is 1. The van der Waals surface area contributed by atoms with Gasteiger partial charge >= 0.3 is 0 Å². The lowest BCUT2D eigenvalue weighted by atomic mass is 9.97. The molecule has 2 unspecified atom stereocenters.